The maximum Gasteiger partial charge on any atom is 0.246 e. The molecule has 0 bridgehead atoms. The van der Waals surface area contributed by atoms with E-state index in [1.165, 1.54) is 0 Å². The monoisotopic (exact) mass is 400 g/mol. The highest BCUT2D eigenvalue weighted by atomic mass is 16.5. The molecular weight excluding hydrogens is 372 g/mol. The lowest BCUT2D eigenvalue weighted by Gasteiger charge is -2.08. The topological polar surface area (TPSA) is 85.9 Å². The van der Waals surface area contributed by atoms with Crippen LogP contribution in [-0.2, 0) is 36.9 Å². The van der Waals surface area contributed by atoms with E-state index < -0.39 is 0 Å². The predicted molar refractivity (Wildman–Crippen MR) is 109 cm³/mol. The van der Waals surface area contributed by atoms with Crippen molar-refractivity contribution in [3.8, 4) is 0 Å². The zero-order chi connectivity index (χ0) is 20.6. The third-order valence-corrected chi connectivity index (χ3v) is 3.88. The van der Waals surface area contributed by atoms with Gasteiger partial charge in [-0.05, 0) is 11.1 Å². The van der Waals surface area contributed by atoms with Gasteiger partial charge in [-0.15, -0.1) is 0 Å². The van der Waals surface area contributed by atoms with E-state index in [1.54, 1.807) is 0 Å². The molecule has 0 radical (unpaired) electrons. The van der Waals surface area contributed by atoms with E-state index in [0.29, 0.717) is 39.5 Å². The summed E-state index contributed by atoms with van der Waals surface area (Å²) < 4.78 is 15.9. The molecule has 0 atom stereocenters. The van der Waals surface area contributed by atoms with Crippen molar-refractivity contribution in [3.05, 3.63) is 71.8 Å². The fourth-order valence-electron chi connectivity index (χ4n) is 2.36. The highest BCUT2D eigenvalue weighted by molar-refractivity contribution is 5.77. The van der Waals surface area contributed by atoms with Gasteiger partial charge in [-0.25, -0.2) is 0 Å². The second-order valence-electron chi connectivity index (χ2n) is 6.24. The van der Waals surface area contributed by atoms with E-state index in [0.717, 1.165) is 11.1 Å². The van der Waals surface area contributed by atoms with Crippen molar-refractivity contribution in [2.45, 2.75) is 13.1 Å². The Morgan fingerprint density at radius 2 is 0.966 bits per heavy atom. The van der Waals surface area contributed by atoms with E-state index in [-0.39, 0.29) is 25.0 Å². The largest absolute Gasteiger partial charge is 0.377 e. The second kappa shape index (κ2) is 14.3. The minimum absolute atomic E-state index is 0.00568. The second-order valence-corrected chi connectivity index (χ2v) is 6.24. The number of nitrogens with one attached hydrogen (secondary N) is 2. The van der Waals surface area contributed by atoms with Crippen molar-refractivity contribution < 1.29 is 23.8 Å². The molecule has 2 rings (SSSR count). The maximum atomic E-state index is 11.7. The molecule has 0 saturated heterocycles. The Kier molecular flexibility index (Phi) is 11.1. The van der Waals surface area contributed by atoms with Crippen LogP contribution in [0.25, 0.3) is 0 Å². The molecule has 0 spiro atoms. The first-order valence-corrected chi connectivity index (χ1v) is 9.58. The maximum absolute atomic E-state index is 11.7. The quantitative estimate of drug-likeness (QED) is 0.471. The first-order valence-electron chi connectivity index (χ1n) is 9.58. The van der Waals surface area contributed by atoms with Crippen molar-refractivity contribution in [1.29, 1.82) is 0 Å². The van der Waals surface area contributed by atoms with Crippen molar-refractivity contribution in [2.75, 3.05) is 39.6 Å². The zero-order valence-corrected chi connectivity index (χ0v) is 16.5. The van der Waals surface area contributed by atoms with Gasteiger partial charge in [-0.3, -0.25) is 9.59 Å². The predicted octanol–water partition coefficient (Wildman–Crippen LogP) is 1.67. The van der Waals surface area contributed by atoms with Crippen molar-refractivity contribution in [3.63, 3.8) is 0 Å². The van der Waals surface area contributed by atoms with Crippen molar-refractivity contribution >= 4 is 11.8 Å². The van der Waals surface area contributed by atoms with E-state index in [2.05, 4.69) is 10.6 Å². The molecule has 0 aliphatic rings. The van der Waals surface area contributed by atoms with Gasteiger partial charge in [0.2, 0.25) is 11.8 Å². The number of ether oxygens (including phenoxy) is 3. The molecule has 156 valence electrons. The van der Waals surface area contributed by atoms with Crippen LogP contribution in [-0.4, -0.2) is 51.5 Å². The summed E-state index contributed by atoms with van der Waals surface area (Å²) in [4.78, 5) is 23.3. The fraction of sp³-hybridized carbons (Fsp3) is 0.364. The summed E-state index contributed by atoms with van der Waals surface area (Å²) in [6.45, 7) is 2.30. The summed E-state index contributed by atoms with van der Waals surface area (Å²) in [6.07, 6.45) is 0. The molecule has 0 saturated carbocycles. The van der Waals surface area contributed by atoms with Gasteiger partial charge in [-0.2, -0.15) is 0 Å². The normalized spacial score (nSPS) is 10.5. The van der Waals surface area contributed by atoms with Crippen LogP contribution >= 0.6 is 0 Å². The average molecular weight is 400 g/mol. The molecule has 0 heterocycles. The molecule has 0 aliphatic heterocycles. The van der Waals surface area contributed by atoms with Gasteiger partial charge in [0.25, 0.3) is 0 Å². The minimum Gasteiger partial charge on any atom is -0.377 e. The van der Waals surface area contributed by atoms with E-state index in [9.17, 15) is 9.59 Å². The lowest BCUT2D eigenvalue weighted by Crippen LogP contribution is -2.28. The lowest BCUT2D eigenvalue weighted by atomic mass is 10.2. The first-order chi connectivity index (χ1) is 14.2. The van der Waals surface area contributed by atoms with Crippen LogP contribution in [0.15, 0.2) is 60.7 Å². The Morgan fingerprint density at radius 1 is 0.586 bits per heavy atom. The summed E-state index contributed by atoms with van der Waals surface area (Å²) in [6, 6.07) is 19.4. The van der Waals surface area contributed by atoms with E-state index in [4.69, 9.17) is 14.2 Å². The molecule has 0 aliphatic carbocycles. The van der Waals surface area contributed by atoms with Gasteiger partial charge >= 0.3 is 0 Å². The summed E-state index contributed by atoms with van der Waals surface area (Å²) >= 11 is 0. The Morgan fingerprint density at radius 3 is 1.38 bits per heavy atom. The van der Waals surface area contributed by atoms with Crippen molar-refractivity contribution in [2.24, 2.45) is 0 Å². The van der Waals surface area contributed by atoms with Gasteiger partial charge in [0.15, 0.2) is 0 Å². The van der Waals surface area contributed by atoms with Crippen LogP contribution < -0.4 is 10.6 Å². The minimum atomic E-state index is -0.168. The van der Waals surface area contributed by atoms with Crippen LogP contribution in [0.1, 0.15) is 11.1 Å². The van der Waals surface area contributed by atoms with Gasteiger partial charge in [-0.1, -0.05) is 60.7 Å². The number of carbonyl (C=O) groups is 2. The number of hydrogen-bond acceptors (Lipinski definition) is 5. The Balaban J connectivity index is 1.36. The third kappa shape index (κ3) is 11.0. The summed E-state index contributed by atoms with van der Waals surface area (Å²) in [5.74, 6) is -0.336. The van der Waals surface area contributed by atoms with Crippen molar-refractivity contribution in [1.82, 2.24) is 10.6 Å². The number of benzene rings is 2. The lowest BCUT2D eigenvalue weighted by molar-refractivity contribution is -0.126. The Bertz CT molecular complexity index is 648. The number of rotatable bonds is 14. The highest BCUT2D eigenvalue weighted by Crippen LogP contribution is 1.97. The fourth-order valence-corrected chi connectivity index (χ4v) is 2.36. The van der Waals surface area contributed by atoms with Gasteiger partial charge in [0, 0.05) is 13.1 Å². The van der Waals surface area contributed by atoms with Gasteiger partial charge in [0.05, 0.1) is 26.4 Å². The number of amides is 2. The van der Waals surface area contributed by atoms with Crippen LogP contribution in [0.3, 0.4) is 0 Å². The molecule has 29 heavy (non-hydrogen) atoms. The number of carbonyl (C=O) groups excluding carboxylic acids is 2. The standard InChI is InChI=1S/C22H28N2O5/c25-21(23-15-19-7-3-1-4-8-19)17-28-13-11-27-12-14-29-18-22(26)24-16-20-9-5-2-6-10-20/h1-10H,11-18H2,(H,23,25)(H,24,26). The van der Waals surface area contributed by atoms with Gasteiger partial charge < -0.3 is 24.8 Å². The SMILES string of the molecule is O=C(COCCOCCOCC(=O)NCc1ccccc1)NCc1ccccc1. The van der Waals surface area contributed by atoms with Gasteiger partial charge in [0.1, 0.15) is 13.2 Å². The first kappa shape index (κ1) is 22.5. The summed E-state index contributed by atoms with van der Waals surface area (Å²) in [5, 5.41) is 5.57. The summed E-state index contributed by atoms with van der Waals surface area (Å²) in [7, 11) is 0. The Hall–Kier alpha value is -2.74. The van der Waals surface area contributed by atoms with Crippen LogP contribution in [0, 0.1) is 0 Å². The molecule has 7 nitrogen and oxygen atoms in total. The number of hydrogen-bond donors (Lipinski definition) is 2. The van der Waals surface area contributed by atoms with Crippen LogP contribution in [0.4, 0.5) is 0 Å². The molecule has 0 aromatic heterocycles. The third-order valence-electron chi connectivity index (χ3n) is 3.88. The smallest absolute Gasteiger partial charge is 0.246 e. The summed E-state index contributed by atoms with van der Waals surface area (Å²) in [5.41, 5.74) is 2.08. The molecule has 2 N–H and O–H groups in total. The molecule has 0 fully saturated rings. The molecular formula is C22H28N2O5. The van der Waals surface area contributed by atoms with E-state index >= 15 is 0 Å². The molecule has 2 aromatic carbocycles. The molecule has 7 heteroatoms. The average Bonchev–Trinajstić information content (AvgIpc) is 2.76. The Labute approximate surface area is 171 Å². The molecule has 2 amide bonds. The zero-order valence-electron chi connectivity index (χ0n) is 16.5. The van der Waals surface area contributed by atoms with Crippen LogP contribution in [0.2, 0.25) is 0 Å². The molecule has 0 unspecified atom stereocenters. The highest BCUT2D eigenvalue weighted by Gasteiger charge is 2.02. The van der Waals surface area contributed by atoms with Crippen LogP contribution in [0.5, 0.6) is 0 Å². The van der Waals surface area contributed by atoms with E-state index in [1.807, 2.05) is 60.7 Å². The molecule has 2 aromatic rings.